The van der Waals surface area contributed by atoms with E-state index in [0.717, 1.165) is 6.42 Å². The second-order valence-corrected chi connectivity index (χ2v) is 4.58. The van der Waals surface area contributed by atoms with E-state index in [4.69, 9.17) is 4.74 Å². The molecule has 2 heteroatoms. The van der Waals surface area contributed by atoms with Crippen LogP contribution in [-0.2, 0) is 4.74 Å². The topological polar surface area (TPSA) is 29.5 Å². The molecule has 1 unspecified atom stereocenters. The number of methoxy groups -OCH3 is 1. The fraction of sp³-hybridized carbons (Fsp3) is 1.00. The predicted molar refractivity (Wildman–Crippen MR) is 58.3 cm³/mol. The van der Waals surface area contributed by atoms with Gasteiger partial charge in [-0.05, 0) is 25.2 Å². The molecule has 0 radical (unpaired) electrons. The Morgan fingerprint density at radius 3 is 2.21 bits per heavy atom. The number of hydrogen-bond donors (Lipinski definition) is 1. The molecule has 2 nitrogen and oxygen atoms in total. The van der Waals surface area contributed by atoms with E-state index in [1.54, 1.807) is 7.11 Å². The zero-order chi connectivity index (χ0) is 10.4. The van der Waals surface area contributed by atoms with Gasteiger partial charge in [-0.2, -0.15) is 0 Å². The van der Waals surface area contributed by atoms with Gasteiger partial charge in [0.15, 0.2) is 0 Å². The van der Waals surface area contributed by atoms with E-state index < -0.39 is 5.60 Å². The monoisotopic (exact) mass is 200 g/mol. The van der Waals surface area contributed by atoms with Gasteiger partial charge >= 0.3 is 0 Å². The lowest BCUT2D eigenvalue weighted by Crippen LogP contribution is -2.41. The van der Waals surface area contributed by atoms with Crippen molar-refractivity contribution in [3.8, 4) is 0 Å². The van der Waals surface area contributed by atoms with E-state index in [-0.39, 0.29) is 0 Å². The van der Waals surface area contributed by atoms with Crippen LogP contribution < -0.4 is 0 Å². The van der Waals surface area contributed by atoms with E-state index in [9.17, 15) is 5.11 Å². The summed E-state index contributed by atoms with van der Waals surface area (Å²) >= 11 is 0. The van der Waals surface area contributed by atoms with Gasteiger partial charge in [-0.15, -0.1) is 0 Å². The van der Waals surface area contributed by atoms with Crippen LogP contribution in [-0.4, -0.2) is 24.4 Å². The maximum atomic E-state index is 10.4. The van der Waals surface area contributed by atoms with Gasteiger partial charge in [0.05, 0.1) is 12.2 Å². The largest absolute Gasteiger partial charge is 0.387 e. The molecule has 1 N–H and O–H groups in total. The molecule has 0 saturated heterocycles. The Morgan fingerprint density at radius 2 is 1.79 bits per heavy atom. The van der Waals surface area contributed by atoms with E-state index in [2.05, 4.69) is 6.92 Å². The maximum absolute atomic E-state index is 10.4. The first-order valence-electron chi connectivity index (χ1n) is 5.94. The van der Waals surface area contributed by atoms with Crippen molar-refractivity contribution in [1.82, 2.24) is 0 Å². The third-order valence-corrected chi connectivity index (χ3v) is 3.62. The summed E-state index contributed by atoms with van der Waals surface area (Å²) in [6.07, 6.45) is 8.38. The molecule has 0 amide bonds. The van der Waals surface area contributed by atoms with Gasteiger partial charge in [0, 0.05) is 7.11 Å². The number of aliphatic hydroxyl groups is 1. The smallest absolute Gasteiger partial charge is 0.0905 e. The van der Waals surface area contributed by atoms with Crippen molar-refractivity contribution in [2.45, 2.75) is 57.5 Å². The summed E-state index contributed by atoms with van der Waals surface area (Å²) in [5.74, 6) is 0.454. The molecule has 1 rings (SSSR count). The minimum atomic E-state index is -0.570. The molecule has 0 aromatic carbocycles. The maximum Gasteiger partial charge on any atom is 0.0905 e. The van der Waals surface area contributed by atoms with Crippen molar-refractivity contribution in [2.24, 2.45) is 5.92 Å². The summed E-state index contributed by atoms with van der Waals surface area (Å²) in [7, 11) is 1.68. The van der Waals surface area contributed by atoms with Crippen molar-refractivity contribution in [1.29, 1.82) is 0 Å². The lowest BCUT2D eigenvalue weighted by Gasteiger charge is -2.34. The molecule has 1 fully saturated rings. The summed E-state index contributed by atoms with van der Waals surface area (Å²) < 4.78 is 5.14. The summed E-state index contributed by atoms with van der Waals surface area (Å²) in [6, 6.07) is 0. The van der Waals surface area contributed by atoms with Crippen LogP contribution in [0.15, 0.2) is 0 Å². The molecule has 1 aliphatic rings. The first-order chi connectivity index (χ1) is 6.73. The molecule has 84 valence electrons. The van der Waals surface area contributed by atoms with Gasteiger partial charge in [0.25, 0.3) is 0 Å². The SMILES string of the molecule is CCC(O)(COC)C1CCCCCC1. The molecule has 0 heterocycles. The highest BCUT2D eigenvalue weighted by Gasteiger charge is 2.34. The van der Waals surface area contributed by atoms with Crippen LogP contribution >= 0.6 is 0 Å². The van der Waals surface area contributed by atoms with Gasteiger partial charge in [-0.1, -0.05) is 32.6 Å². The molecule has 1 aliphatic carbocycles. The summed E-state index contributed by atoms with van der Waals surface area (Å²) in [6.45, 7) is 2.55. The average Bonchev–Trinajstić information content (AvgIpc) is 2.46. The molecule has 1 atom stereocenters. The van der Waals surface area contributed by atoms with Crippen molar-refractivity contribution >= 4 is 0 Å². The molecular formula is C12H24O2. The van der Waals surface area contributed by atoms with E-state index >= 15 is 0 Å². The van der Waals surface area contributed by atoms with Gasteiger partial charge in [-0.25, -0.2) is 0 Å². The summed E-state index contributed by atoms with van der Waals surface area (Å²) in [4.78, 5) is 0. The first-order valence-corrected chi connectivity index (χ1v) is 5.94. The quantitative estimate of drug-likeness (QED) is 0.707. The fourth-order valence-corrected chi connectivity index (χ4v) is 2.58. The van der Waals surface area contributed by atoms with Crippen LogP contribution in [0.4, 0.5) is 0 Å². The molecular weight excluding hydrogens is 176 g/mol. The molecule has 14 heavy (non-hydrogen) atoms. The minimum Gasteiger partial charge on any atom is -0.387 e. The molecule has 0 spiro atoms. The van der Waals surface area contributed by atoms with Crippen molar-refractivity contribution < 1.29 is 9.84 Å². The lowest BCUT2D eigenvalue weighted by atomic mass is 9.81. The van der Waals surface area contributed by atoms with Crippen LogP contribution in [0.5, 0.6) is 0 Å². The Morgan fingerprint density at radius 1 is 1.21 bits per heavy atom. The minimum absolute atomic E-state index is 0.454. The molecule has 0 bridgehead atoms. The van der Waals surface area contributed by atoms with E-state index in [1.807, 2.05) is 0 Å². The average molecular weight is 200 g/mol. The Bertz CT molecular complexity index is 150. The standard InChI is InChI=1S/C12H24O2/c1-3-12(13,10-14-2)11-8-6-4-5-7-9-11/h11,13H,3-10H2,1-2H3. The molecule has 0 aromatic heterocycles. The van der Waals surface area contributed by atoms with Crippen LogP contribution in [0.1, 0.15) is 51.9 Å². The van der Waals surface area contributed by atoms with Gasteiger partial charge < -0.3 is 9.84 Å². The zero-order valence-electron chi connectivity index (χ0n) is 9.59. The lowest BCUT2D eigenvalue weighted by molar-refractivity contribution is -0.0807. The van der Waals surface area contributed by atoms with Crippen molar-refractivity contribution in [3.63, 3.8) is 0 Å². The second kappa shape index (κ2) is 5.72. The van der Waals surface area contributed by atoms with E-state index in [1.165, 1.54) is 38.5 Å². The summed E-state index contributed by atoms with van der Waals surface area (Å²) in [5, 5.41) is 10.4. The Hall–Kier alpha value is -0.0800. The molecule has 1 saturated carbocycles. The first kappa shape index (κ1) is 12.0. The van der Waals surface area contributed by atoms with Gasteiger partial charge in [0.1, 0.15) is 0 Å². The number of ether oxygens (including phenoxy) is 1. The molecule has 0 aliphatic heterocycles. The van der Waals surface area contributed by atoms with E-state index in [0.29, 0.717) is 12.5 Å². The van der Waals surface area contributed by atoms with Crippen LogP contribution in [0.3, 0.4) is 0 Å². The third-order valence-electron chi connectivity index (χ3n) is 3.62. The zero-order valence-corrected chi connectivity index (χ0v) is 9.59. The molecule has 0 aromatic rings. The van der Waals surface area contributed by atoms with Gasteiger partial charge in [0.2, 0.25) is 0 Å². The van der Waals surface area contributed by atoms with Crippen LogP contribution in [0.25, 0.3) is 0 Å². The Labute approximate surface area is 87.7 Å². The summed E-state index contributed by atoms with van der Waals surface area (Å²) in [5.41, 5.74) is -0.570. The highest BCUT2D eigenvalue weighted by molar-refractivity contribution is 4.86. The van der Waals surface area contributed by atoms with Crippen LogP contribution in [0, 0.1) is 5.92 Å². The van der Waals surface area contributed by atoms with Gasteiger partial charge in [-0.3, -0.25) is 0 Å². The number of hydrogen-bond acceptors (Lipinski definition) is 2. The van der Waals surface area contributed by atoms with Crippen molar-refractivity contribution in [2.75, 3.05) is 13.7 Å². The Kier molecular flexibility index (Phi) is 4.90. The van der Waals surface area contributed by atoms with Crippen molar-refractivity contribution in [3.05, 3.63) is 0 Å². The fourth-order valence-electron chi connectivity index (χ4n) is 2.58. The Balaban J connectivity index is 2.56. The highest BCUT2D eigenvalue weighted by atomic mass is 16.5. The third kappa shape index (κ3) is 2.96. The second-order valence-electron chi connectivity index (χ2n) is 4.58. The number of rotatable bonds is 4. The highest BCUT2D eigenvalue weighted by Crippen LogP contribution is 2.33. The predicted octanol–water partition coefficient (Wildman–Crippen LogP) is 2.74. The van der Waals surface area contributed by atoms with Crippen LogP contribution in [0.2, 0.25) is 0 Å². The normalized spacial score (nSPS) is 24.2.